The Labute approximate surface area is 222 Å². The van der Waals surface area contributed by atoms with E-state index >= 15 is 0 Å². The van der Waals surface area contributed by atoms with E-state index in [1.165, 1.54) is 29.1 Å². The number of hydrogen-bond acceptors (Lipinski definition) is 12. The van der Waals surface area contributed by atoms with Gasteiger partial charge in [-0.2, -0.15) is 8.42 Å². The third-order valence-corrected chi connectivity index (χ3v) is 7.14. The number of fused-ring (bicyclic) bond motifs is 1. The number of rotatable bonds is 7. The Bertz CT molecular complexity index is 1610. The normalized spacial score (nSPS) is 21.6. The lowest BCUT2D eigenvalue weighted by molar-refractivity contribution is -0.166. The van der Waals surface area contributed by atoms with E-state index in [0.717, 1.165) is 5.56 Å². The molecule has 2 aromatic carbocycles. The van der Waals surface area contributed by atoms with Gasteiger partial charge < -0.3 is 31.0 Å². The summed E-state index contributed by atoms with van der Waals surface area (Å²) in [4.78, 5) is 25.4. The molecule has 1 amide bonds. The van der Waals surface area contributed by atoms with Crippen LogP contribution in [0.4, 0.5) is 11.5 Å². The van der Waals surface area contributed by atoms with Crippen molar-refractivity contribution >= 4 is 38.9 Å². The van der Waals surface area contributed by atoms with Crippen molar-refractivity contribution in [3.63, 3.8) is 0 Å². The van der Waals surface area contributed by atoms with E-state index in [2.05, 4.69) is 15.0 Å². The van der Waals surface area contributed by atoms with Gasteiger partial charge in [-0.05, 0) is 12.1 Å². The lowest BCUT2D eigenvalue weighted by atomic mass is 9.98. The number of nitrogen functional groups attached to an aromatic ring is 2. The zero-order valence-electron chi connectivity index (χ0n) is 20.3. The number of carbonyl (C=O) groups is 1. The molecule has 3 heterocycles. The number of aromatic nitrogens is 4. The Morgan fingerprint density at radius 3 is 2.54 bits per heavy atom. The molecule has 1 saturated heterocycles. The molecule has 0 radical (unpaired) electrons. The fourth-order valence-electron chi connectivity index (χ4n) is 4.21. The highest BCUT2D eigenvalue weighted by molar-refractivity contribution is 7.85. The largest absolute Gasteiger partial charge is 0.398 e. The topological polar surface area (TPSA) is 218 Å². The van der Waals surface area contributed by atoms with Gasteiger partial charge >= 0.3 is 10.3 Å². The molecule has 0 spiro atoms. The van der Waals surface area contributed by atoms with Crippen LogP contribution in [0.25, 0.3) is 22.6 Å². The first-order chi connectivity index (χ1) is 18.6. The van der Waals surface area contributed by atoms with Crippen LogP contribution < -0.4 is 16.2 Å². The molecule has 1 fully saturated rings. The van der Waals surface area contributed by atoms with Crippen molar-refractivity contribution in [3.8, 4) is 11.4 Å². The van der Waals surface area contributed by atoms with E-state index in [4.69, 9.17) is 20.4 Å². The zero-order chi connectivity index (χ0) is 27.7. The molecule has 15 heteroatoms. The Hall–Kier alpha value is -4.15. The van der Waals surface area contributed by atoms with Crippen molar-refractivity contribution in [3.05, 3.63) is 66.5 Å². The Kier molecular flexibility index (Phi) is 7.16. The third kappa shape index (κ3) is 5.39. The van der Waals surface area contributed by atoms with Gasteiger partial charge in [-0.15, -0.1) is 0 Å². The zero-order valence-corrected chi connectivity index (χ0v) is 21.1. The van der Waals surface area contributed by atoms with Crippen LogP contribution in [-0.4, -0.2) is 75.6 Å². The van der Waals surface area contributed by atoms with Crippen LogP contribution in [0.3, 0.4) is 0 Å². The summed E-state index contributed by atoms with van der Waals surface area (Å²) in [5.74, 6) is -0.494. The summed E-state index contributed by atoms with van der Waals surface area (Å²) in [7, 11) is -4.58. The van der Waals surface area contributed by atoms with Gasteiger partial charge in [-0.25, -0.2) is 19.7 Å². The molecule has 39 heavy (non-hydrogen) atoms. The maximum Gasteiger partial charge on any atom is 0.362 e. The van der Waals surface area contributed by atoms with Crippen LogP contribution in [0.2, 0.25) is 0 Å². The van der Waals surface area contributed by atoms with E-state index in [9.17, 15) is 23.4 Å². The number of anilines is 2. The second kappa shape index (κ2) is 10.5. The van der Waals surface area contributed by atoms with Crippen LogP contribution in [0.5, 0.6) is 0 Å². The van der Waals surface area contributed by atoms with Crippen molar-refractivity contribution < 1.29 is 32.3 Å². The van der Waals surface area contributed by atoms with E-state index in [1.807, 2.05) is 30.3 Å². The molecule has 204 valence electrons. The SMILES string of the molecule is Nc1ccccc1C(=O)NS(=O)(=O)OC[C@H]1OCC(n2cnc3c(N)nc(-c4ccccc4)nc32)[C@H](O)[C@@H]1O. The highest BCUT2D eigenvalue weighted by Gasteiger charge is 2.41. The number of nitrogens with one attached hydrogen (secondary N) is 1. The predicted molar refractivity (Wildman–Crippen MR) is 139 cm³/mol. The smallest absolute Gasteiger partial charge is 0.362 e. The fourth-order valence-corrected chi connectivity index (χ4v) is 4.92. The van der Waals surface area contributed by atoms with Crippen molar-refractivity contribution in [2.24, 2.45) is 0 Å². The first kappa shape index (κ1) is 26.5. The summed E-state index contributed by atoms with van der Waals surface area (Å²) in [5.41, 5.74) is 13.2. The number of nitrogens with two attached hydrogens (primary N) is 2. The number of aliphatic hydroxyl groups is 2. The average Bonchev–Trinajstić information content (AvgIpc) is 3.34. The Morgan fingerprint density at radius 1 is 1.08 bits per heavy atom. The molecule has 1 aliphatic rings. The van der Waals surface area contributed by atoms with Gasteiger partial charge in [0.15, 0.2) is 17.3 Å². The number of nitrogens with zero attached hydrogens (tertiary/aromatic N) is 4. The van der Waals surface area contributed by atoms with Crippen LogP contribution >= 0.6 is 0 Å². The van der Waals surface area contributed by atoms with E-state index < -0.39 is 47.2 Å². The second-order valence-corrected chi connectivity index (χ2v) is 10.1. The minimum Gasteiger partial charge on any atom is -0.398 e. The second-order valence-electron chi connectivity index (χ2n) is 8.80. The van der Waals surface area contributed by atoms with Crippen molar-refractivity contribution in [1.29, 1.82) is 0 Å². The summed E-state index contributed by atoms with van der Waals surface area (Å²) >= 11 is 0. The number of amides is 1. The first-order valence-corrected chi connectivity index (χ1v) is 13.1. The van der Waals surface area contributed by atoms with E-state index in [-0.39, 0.29) is 23.7 Å². The molecule has 1 aliphatic heterocycles. The maximum atomic E-state index is 12.3. The lowest BCUT2D eigenvalue weighted by Crippen LogP contribution is -2.52. The van der Waals surface area contributed by atoms with Gasteiger partial charge in [-0.1, -0.05) is 42.5 Å². The van der Waals surface area contributed by atoms with Crippen molar-refractivity contribution in [1.82, 2.24) is 24.2 Å². The lowest BCUT2D eigenvalue weighted by Gasteiger charge is -2.37. The molecular weight excluding hydrogens is 530 g/mol. The molecule has 5 rings (SSSR count). The van der Waals surface area contributed by atoms with Crippen LogP contribution in [0.1, 0.15) is 16.4 Å². The van der Waals surface area contributed by atoms with Gasteiger partial charge in [0, 0.05) is 11.3 Å². The molecule has 0 bridgehead atoms. The number of carbonyl (C=O) groups excluding carboxylic acids is 1. The van der Waals surface area contributed by atoms with E-state index in [1.54, 1.807) is 10.8 Å². The Balaban J connectivity index is 1.28. The molecule has 4 atom stereocenters. The average molecular weight is 556 g/mol. The van der Waals surface area contributed by atoms with Crippen LogP contribution in [0.15, 0.2) is 60.9 Å². The summed E-state index contributed by atoms with van der Waals surface area (Å²) < 4.78 is 38.4. The number of aliphatic hydroxyl groups excluding tert-OH is 2. The molecule has 1 unspecified atom stereocenters. The minimum absolute atomic E-state index is 0.0516. The molecule has 2 aromatic heterocycles. The molecule has 0 aliphatic carbocycles. The van der Waals surface area contributed by atoms with Crippen LogP contribution in [0, 0.1) is 0 Å². The fraction of sp³-hybridized carbons (Fsp3) is 0.250. The standard InChI is InChI=1S/C24H25N7O7S/c25-15-9-5-4-8-14(15)24(34)30-39(35,36)38-11-17-20(33)19(32)16(10-37-17)31-12-27-18-21(26)28-22(29-23(18)31)13-6-2-1-3-7-13/h1-9,12,16-17,19-20,32-33H,10-11,25H2,(H,30,34)(H2,26,28,29)/t16?,17-,19+,20-/m1/s1. The number of ether oxygens (including phenoxy) is 1. The number of hydrogen-bond donors (Lipinski definition) is 5. The van der Waals surface area contributed by atoms with Crippen molar-refractivity contribution in [2.75, 3.05) is 24.7 Å². The van der Waals surface area contributed by atoms with Gasteiger partial charge in [0.25, 0.3) is 5.91 Å². The molecule has 0 saturated carbocycles. The Morgan fingerprint density at radius 2 is 1.79 bits per heavy atom. The van der Waals surface area contributed by atoms with E-state index in [0.29, 0.717) is 17.0 Å². The monoisotopic (exact) mass is 555 g/mol. The minimum atomic E-state index is -4.58. The predicted octanol–water partition coefficient (Wildman–Crippen LogP) is 0.0108. The van der Waals surface area contributed by atoms with Crippen molar-refractivity contribution in [2.45, 2.75) is 24.4 Å². The summed E-state index contributed by atoms with van der Waals surface area (Å²) in [6.07, 6.45) is -2.79. The van der Waals surface area contributed by atoms with Crippen LogP contribution in [-0.2, 0) is 19.2 Å². The van der Waals surface area contributed by atoms with Gasteiger partial charge in [-0.3, -0.25) is 8.98 Å². The number of imidazole rings is 1. The molecule has 7 N–H and O–H groups in total. The third-order valence-electron chi connectivity index (χ3n) is 6.25. The summed E-state index contributed by atoms with van der Waals surface area (Å²) in [6, 6.07) is 14.2. The number of benzene rings is 2. The van der Waals surface area contributed by atoms with Gasteiger partial charge in [0.05, 0.1) is 31.1 Å². The summed E-state index contributed by atoms with van der Waals surface area (Å²) in [5, 5.41) is 21.6. The highest BCUT2D eigenvalue weighted by atomic mass is 32.2. The number of para-hydroxylation sites is 1. The molecule has 14 nitrogen and oxygen atoms in total. The summed E-state index contributed by atoms with van der Waals surface area (Å²) in [6.45, 7) is -0.814. The maximum absolute atomic E-state index is 12.3. The highest BCUT2D eigenvalue weighted by Crippen LogP contribution is 2.30. The molecular formula is C24H25N7O7S. The first-order valence-electron chi connectivity index (χ1n) is 11.7. The quantitative estimate of drug-likeness (QED) is 0.191. The van der Waals surface area contributed by atoms with Gasteiger partial charge in [0.2, 0.25) is 0 Å². The van der Waals surface area contributed by atoms with Gasteiger partial charge in [0.1, 0.15) is 23.8 Å². The molecule has 4 aromatic rings.